The first-order valence-electron chi connectivity index (χ1n) is 7.35. The molecular formula is C16H17ClFN3O2. The van der Waals surface area contributed by atoms with Crippen molar-refractivity contribution >= 4 is 17.5 Å². The first-order valence-corrected chi connectivity index (χ1v) is 7.73. The third-order valence-corrected chi connectivity index (χ3v) is 4.59. The summed E-state index contributed by atoms with van der Waals surface area (Å²) in [6.45, 7) is 0.763. The second-order valence-corrected chi connectivity index (χ2v) is 6.22. The minimum atomic E-state index is -1.04. The fourth-order valence-electron chi connectivity index (χ4n) is 2.93. The van der Waals surface area contributed by atoms with Crippen molar-refractivity contribution in [3.05, 3.63) is 52.8 Å². The first kappa shape index (κ1) is 16.0. The number of nitrogens with zero attached hydrogens (tertiary/aromatic N) is 3. The van der Waals surface area contributed by atoms with Crippen LogP contribution in [0.1, 0.15) is 29.0 Å². The number of carbonyl (C=O) groups excluding carboxylic acids is 1. The molecule has 0 radical (unpaired) electrons. The number of aliphatic hydroxyl groups is 1. The molecule has 1 saturated heterocycles. The third kappa shape index (κ3) is 2.96. The average Bonchev–Trinajstić information content (AvgIpc) is 2.97. The van der Waals surface area contributed by atoms with Crippen LogP contribution in [0.2, 0.25) is 5.02 Å². The molecule has 0 atom stereocenters. The summed E-state index contributed by atoms with van der Waals surface area (Å²) >= 11 is 5.64. The molecule has 0 unspecified atom stereocenters. The van der Waals surface area contributed by atoms with E-state index in [4.69, 9.17) is 11.6 Å². The predicted octanol–water partition coefficient (Wildman–Crippen LogP) is 2.34. The van der Waals surface area contributed by atoms with Gasteiger partial charge in [0.05, 0.1) is 5.02 Å². The van der Waals surface area contributed by atoms with E-state index in [2.05, 4.69) is 4.98 Å². The van der Waals surface area contributed by atoms with Crippen LogP contribution in [0.25, 0.3) is 0 Å². The van der Waals surface area contributed by atoms with Crippen molar-refractivity contribution < 1.29 is 14.3 Å². The van der Waals surface area contributed by atoms with Crippen molar-refractivity contribution in [2.45, 2.75) is 18.4 Å². The van der Waals surface area contributed by atoms with Gasteiger partial charge >= 0.3 is 0 Å². The zero-order valence-corrected chi connectivity index (χ0v) is 13.4. The molecule has 1 aliphatic rings. The van der Waals surface area contributed by atoms with E-state index in [1.807, 2.05) is 7.05 Å². The number of aryl methyl sites for hydroxylation is 1. The van der Waals surface area contributed by atoms with Gasteiger partial charge in [-0.05, 0) is 18.2 Å². The molecule has 1 aromatic carbocycles. The standard InChI is InChI=1S/C16H17ClFN3O2/c1-20-9-6-19-15(20)16(23)4-7-21(8-5-16)14(22)11-2-3-12(17)13(18)10-11/h2-3,6,9-10,23H,4-5,7-8H2,1H3. The highest BCUT2D eigenvalue weighted by Crippen LogP contribution is 2.32. The van der Waals surface area contributed by atoms with E-state index in [1.165, 1.54) is 12.1 Å². The van der Waals surface area contributed by atoms with Gasteiger partial charge in [-0.2, -0.15) is 0 Å². The summed E-state index contributed by atoms with van der Waals surface area (Å²) in [7, 11) is 1.83. The Morgan fingerprint density at radius 3 is 2.65 bits per heavy atom. The van der Waals surface area contributed by atoms with Crippen LogP contribution in [0.5, 0.6) is 0 Å². The minimum absolute atomic E-state index is 0.00986. The highest BCUT2D eigenvalue weighted by Gasteiger charge is 2.38. The molecule has 122 valence electrons. The molecule has 0 saturated carbocycles. The Kier molecular flexibility index (Phi) is 4.12. The Balaban J connectivity index is 1.72. The summed E-state index contributed by atoms with van der Waals surface area (Å²) in [5, 5.41) is 10.8. The summed E-state index contributed by atoms with van der Waals surface area (Å²) in [6, 6.07) is 4.02. The quantitative estimate of drug-likeness (QED) is 0.915. The summed E-state index contributed by atoms with van der Waals surface area (Å²) < 4.78 is 15.3. The maximum absolute atomic E-state index is 13.5. The maximum Gasteiger partial charge on any atom is 0.253 e. The number of carbonyl (C=O) groups is 1. The molecule has 23 heavy (non-hydrogen) atoms. The fourth-order valence-corrected chi connectivity index (χ4v) is 3.05. The van der Waals surface area contributed by atoms with Crippen molar-refractivity contribution in [1.29, 1.82) is 0 Å². The topological polar surface area (TPSA) is 58.4 Å². The molecule has 1 fully saturated rings. The van der Waals surface area contributed by atoms with E-state index in [1.54, 1.807) is 21.9 Å². The number of likely N-dealkylation sites (tertiary alicyclic amines) is 1. The van der Waals surface area contributed by atoms with Crippen LogP contribution in [0, 0.1) is 5.82 Å². The van der Waals surface area contributed by atoms with E-state index < -0.39 is 11.4 Å². The molecule has 1 aliphatic heterocycles. The maximum atomic E-state index is 13.5. The van der Waals surface area contributed by atoms with Gasteiger partial charge in [-0.15, -0.1) is 0 Å². The largest absolute Gasteiger partial charge is 0.382 e. The normalized spacial score (nSPS) is 17.3. The van der Waals surface area contributed by atoms with Gasteiger partial charge < -0.3 is 14.6 Å². The van der Waals surface area contributed by atoms with Crippen LogP contribution in [0.15, 0.2) is 30.6 Å². The molecule has 2 heterocycles. The van der Waals surface area contributed by atoms with Crippen LogP contribution in [0.4, 0.5) is 4.39 Å². The fraction of sp³-hybridized carbons (Fsp3) is 0.375. The Hall–Kier alpha value is -1.92. The second-order valence-electron chi connectivity index (χ2n) is 5.81. The first-order chi connectivity index (χ1) is 10.9. The summed E-state index contributed by atoms with van der Waals surface area (Å²) in [4.78, 5) is 18.3. The summed E-state index contributed by atoms with van der Waals surface area (Å²) in [6.07, 6.45) is 4.20. The van der Waals surface area contributed by atoms with Gasteiger partial charge in [-0.25, -0.2) is 9.37 Å². The number of benzene rings is 1. The average molecular weight is 338 g/mol. The Morgan fingerprint density at radius 2 is 2.09 bits per heavy atom. The zero-order chi connectivity index (χ0) is 16.6. The van der Waals surface area contributed by atoms with Crippen LogP contribution < -0.4 is 0 Å². The number of halogens is 2. The van der Waals surface area contributed by atoms with Gasteiger partial charge in [0.2, 0.25) is 0 Å². The molecule has 5 nitrogen and oxygen atoms in total. The van der Waals surface area contributed by atoms with Gasteiger partial charge in [-0.1, -0.05) is 11.6 Å². The van der Waals surface area contributed by atoms with Gasteiger partial charge in [-0.3, -0.25) is 4.79 Å². The smallest absolute Gasteiger partial charge is 0.253 e. The van der Waals surface area contributed by atoms with E-state index in [0.717, 1.165) is 6.07 Å². The molecule has 1 aromatic heterocycles. The highest BCUT2D eigenvalue weighted by molar-refractivity contribution is 6.30. The SMILES string of the molecule is Cn1ccnc1C1(O)CCN(C(=O)c2ccc(Cl)c(F)c2)CC1. The molecule has 3 rings (SSSR count). The highest BCUT2D eigenvalue weighted by atomic mass is 35.5. The number of hydrogen-bond donors (Lipinski definition) is 1. The monoisotopic (exact) mass is 337 g/mol. The lowest BCUT2D eigenvalue weighted by atomic mass is 9.90. The van der Waals surface area contributed by atoms with E-state index in [-0.39, 0.29) is 16.5 Å². The van der Waals surface area contributed by atoms with Crippen molar-refractivity contribution in [2.75, 3.05) is 13.1 Å². The Bertz CT molecular complexity index is 739. The van der Waals surface area contributed by atoms with Gasteiger partial charge in [0, 0.05) is 50.9 Å². The van der Waals surface area contributed by atoms with Crippen molar-refractivity contribution in [3.8, 4) is 0 Å². The molecule has 0 spiro atoms. The zero-order valence-electron chi connectivity index (χ0n) is 12.7. The summed E-state index contributed by atoms with van der Waals surface area (Å²) in [5.41, 5.74) is -0.783. The lowest BCUT2D eigenvalue weighted by Crippen LogP contribution is -2.46. The molecule has 0 bridgehead atoms. The van der Waals surface area contributed by atoms with Gasteiger partial charge in [0.1, 0.15) is 17.2 Å². The molecule has 7 heteroatoms. The molecule has 1 amide bonds. The molecule has 1 N–H and O–H groups in total. The van der Waals surface area contributed by atoms with Crippen molar-refractivity contribution in [2.24, 2.45) is 7.05 Å². The number of piperidine rings is 1. The summed E-state index contributed by atoms with van der Waals surface area (Å²) in [5.74, 6) is -0.274. The number of imidazole rings is 1. The molecule has 2 aromatic rings. The molecule has 0 aliphatic carbocycles. The third-order valence-electron chi connectivity index (χ3n) is 4.28. The van der Waals surface area contributed by atoms with Gasteiger partial charge in [0.15, 0.2) is 0 Å². The van der Waals surface area contributed by atoms with Crippen LogP contribution in [-0.4, -0.2) is 38.6 Å². The van der Waals surface area contributed by atoms with Crippen molar-refractivity contribution in [3.63, 3.8) is 0 Å². The second kappa shape index (κ2) is 5.94. The lowest BCUT2D eigenvalue weighted by molar-refractivity contribution is -0.0298. The van der Waals surface area contributed by atoms with E-state index >= 15 is 0 Å². The number of rotatable bonds is 2. The predicted molar refractivity (Wildman–Crippen MR) is 83.7 cm³/mol. The Morgan fingerprint density at radius 1 is 1.39 bits per heavy atom. The number of aromatic nitrogens is 2. The van der Waals surface area contributed by atoms with Crippen LogP contribution in [0.3, 0.4) is 0 Å². The lowest BCUT2D eigenvalue weighted by Gasteiger charge is -2.37. The van der Waals surface area contributed by atoms with Gasteiger partial charge in [0.25, 0.3) is 5.91 Å². The number of hydrogen-bond acceptors (Lipinski definition) is 3. The molecular weight excluding hydrogens is 321 g/mol. The number of amides is 1. The van der Waals surface area contributed by atoms with Crippen LogP contribution in [-0.2, 0) is 12.6 Å². The Labute approximate surface area is 138 Å². The van der Waals surface area contributed by atoms with Crippen molar-refractivity contribution in [1.82, 2.24) is 14.5 Å². The minimum Gasteiger partial charge on any atom is -0.382 e. The van der Waals surface area contributed by atoms with E-state index in [9.17, 15) is 14.3 Å². The van der Waals surface area contributed by atoms with Crippen LogP contribution >= 0.6 is 11.6 Å². The van der Waals surface area contributed by atoms with E-state index in [0.29, 0.717) is 31.8 Å².